The summed E-state index contributed by atoms with van der Waals surface area (Å²) in [4.78, 5) is 12.9. The lowest BCUT2D eigenvalue weighted by Crippen LogP contribution is -2.30. The fourth-order valence-electron chi connectivity index (χ4n) is 1.25. The number of hydrogen-bond donors (Lipinski definition) is 0. The Bertz CT molecular complexity index is 450. The van der Waals surface area contributed by atoms with Crippen molar-refractivity contribution < 1.29 is 18.0 Å². The van der Waals surface area contributed by atoms with Gasteiger partial charge >= 0.3 is 6.18 Å². The van der Waals surface area contributed by atoms with Gasteiger partial charge in [-0.2, -0.15) is 13.2 Å². The van der Waals surface area contributed by atoms with E-state index in [1.165, 1.54) is 13.1 Å². The molecule has 2 nitrogen and oxygen atoms in total. The Balaban J connectivity index is 2.71. The number of benzene rings is 1. The third kappa shape index (κ3) is 4.64. The van der Waals surface area contributed by atoms with Crippen LogP contribution in [0.3, 0.4) is 0 Å². The Labute approximate surface area is 121 Å². The quantitative estimate of drug-likeness (QED) is 0.714. The molecule has 0 N–H and O–H groups in total. The minimum atomic E-state index is -4.27. The monoisotopic (exact) mass is 391 g/mol. The van der Waals surface area contributed by atoms with Crippen LogP contribution in [0.1, 0.15) is 16.8 Å². The third-order valence-corrected chi connectivity index (χ3v) is 3.82. The van der Waals surface area contributed by atoms with E-state index >= 15 is 0 Å². The summed E-state index contributed by atoms with van der Waals surface area (Å²) in [7, 11) is 1.33. The molecule has 0 saturated heterocycles. The Kier molecular flexibility index (Phi) is 5.27. The smallest absolute Gasteiger partial charge is 0.341 e. The fraction of sp³-hybridized carbons (Fsp3) is 0.364. The van der Waals surface area contributed by atoms with E-state index in [4.69, 9.17) is 11.6 Å². The summed E-state index contributed by atoms with van der Waals surface area (Å²) in [5.41, 5.74) is 0.282. The maximum Gasteiger partial charge on any atom is 0.390 e. The number of carbonyl (C=O) groups is 1. The highest BCUT2D eigenvalue weighted by atomic mass is 127. The molecule has 7 heteroatoms. The zero-order valence-electron chi connectivity index (χ0n) is 9.39. The molecule has 0 aliphatic carbocycles. The van der Waals surface area contributed by atoms with Gasteiger partial charge in [-0.1, -0.05) is 11.6 Å². The second kappa shape index (κ2) is 6.10. The first-order valence-corrected chi connectivity index (χ1v) is 6.43. The molecule has 1 amide bonds. The Hall–Kier alpha value is -0.500. The number of carbonyl (C=O) groups excluding carboxylic acids is 1. The first kappa shape index (κ1) is 15.6. The van der Waals surface area contributed by atoms with Gasteiger partial charge in [-0.3, -0.25) is 4.79 Å². The molecule has 0 heterocycles. The molecule has 0 aliphatic heterocycles. The Morgan fingerprint density at radius 2 is 2.06 bits per heavy atom. The average Bonchev–Trinajstić information content (AvgIpc) is 2.27. The highest BCUT2D eigenvalue weighted by molar-refractivity contribution is 14.1. The topological polar surface area (TPSA) is 20.3 Å². The number of halogens is 5. The van der Waals surface area contributed by atoms with Crippen LogP contribution < -0.4 is 0 Å². The van der Waals surface area contributed by atoms with Gasteiger partial charge in [-0.25, -0.2) is 0 Å². The summed E-state index contributed by atoms with van der Waals surface area (Å²) in [6, 6.07) is 4.64. The highest BCUT2D eigenvalue weighted by Gasteiger charge is 2.28. The van der Waals surface area contributed by atoms with E-state index in [-0.39, 0.29) is 12.1 Å². The van der Waals surface area contributed by atoms with E-state index in [1.54, 1.807) is 12.1 Å². The third-order valence-electron chi connectivity index (χ3n) is 2.24. The van der Waals surface area contributed by atoms with E-state index in [2.05, 4.69) is 0 Å². The van der Waals surface area contributed by atoms with Gasteiger partial charge in [0.25, 0.3) is 5.91 Å². The van der Waals surface area contributed by atoms with Crippen LogP contribution >= 0.6 is 34.2 Å². The molecule has 0 atom stereocenters. The van der Waals surface area contributed by atoms with E-state index in [0.717, 1.165) is 8.47 Å². The van der Waals surface area contributed by atoms with Crippen LogP contribution in [0.15, 0.2) is 18.2 Å². The van der Waals surface area contributed by atoms with Crippen molar-refractivity contribution in [3.05, 3.63) is 32.4 Å². The van der Waals surface area contributed by atoms with Crippen molar-refractivity contribution in [2.45, 2.75) is 12.6 Å². The molecule has 0 radical (unpaired) electrons. The summed E-state index contributed by atoms with van der Waals surface area (Å²) < 4.78 is 36.9. The largest absolute Gasteiger partial charge is 0.390 e. The second-order valence-electron chi connectivity index (χ2n) is 3.72. The molecule has 0 aliphatic rings. The molecular formula is C11H10ClF3INO. The highest BCUT2D eigenvalue weighted by Crippen LogP contribution is 2.22. The Morgan fingerprint density at radius 1 is 1.44 bits per heavy atom. The lowest BCUT2D eigenvalue weighted by Gasteiger charge is -2.18. The van der Waals surface area contributed by atoms with Crippen molar-refractivity contribution in [3.8, 4) is 0 Å². The van der Waals surface area contributed by atoms with Crippen LogP contribution in [0.5, 0.6) is 0 Å². The Morgan fingerprint density at radius 3 is 2.56 bits per heavy atom. The maximum atomic E-state index is 12.0. The van der Waals surface area contributed by atoms with Gasteiger partial charge in [0.05, 0.1) is 11.4 Å². The summed E-state index contributed by atoms with van der Waals surface area (Å²) in [5.74, 6) is -0.474. The second-order valence-corrected chi connectivity index (χ2v) is 5.29. The van der Waals surface area contributed by atoms with Gasteiger partial charge < -0.3 is 4.90 Å². The van der Waals surface area contributed by atoms with E-state index in [1.807, 2.05) is 22.6 Å². The summed E-state index contributed by atoms with van der Waals surface area (Å²) in [5, 5.41) is 0.408. The predicted octanol–water partition coefficient (Wildman–Crippen LogP) is 3.97. The molecular weight excluding hydrogens is 381 g/mol. The molecule has 0 saturated carbocycles. The average molecular weight is 392 g/mol. The van der Waals surface area contributed by atoms with Gasteiger partial charge in [0, 0.05) is 22.7 Å². The molecule has 0 bridgehead atoms. The molecule has 0 fully saturated rings. The fourth-order valence-corrected chi connectivity index (χ4v) is 1.76. The zero-order chi connectivity index (χ0) is 13.9. The minimum Gasteiger partial charge on any atom is -0.341 e. The lowest BCUT2D eigenvalue weighted by molar-refractivity contribution is -0.136. The molecule has 0 aromatic heterocycles. The predicted molar refractivity (Wildman–Crippen MR) is 71.8 cm³/mol. The van der Waals surface area contributed by atoms with Crippen LogP contribution in [-0.2, 0) is 0 Å². The van der Waals surface area contributed by atoms with Crippen LogP contribution in [0, 0.1) is 3.57 Å². The van der Waals surface area contributed by atoms with Gasteiger partial charge in [0.1, 0.15) is 0 Å². The van der Waals surface area contributed by atoms with Crippen molar-refractivity contribution in [2.24, 2.45) is 0 Å². The van der Waals surface area contributed by atoms with Gasteiger partial charge in [0.2, 0.25) is 0 Å². The van der Waals surface area contributed by atoms with E-state index in [9.17, 15) is 18.0 Å². The van der Waals surface area contributed by atoms with Crippen LogP contribution in [0.2, 0.25) is 5.02 Å². The molecule has 0 unspecified atom stereocenters. The number of hydrogen-bond acceptors (Lipinski definition) is 1. The summed E-state index contributed by atoms with van der Waals surface area (Å²) in [6.07, 6.45) is -5.29. The normalized spacial score (nSPS) is 11.4. The number of nitrogens with zero attached hydrogens (tertiary/aromatic N) is 1. The standard InChI is InChI=1S/C11H10ClF3INO/c1-17(5-4-11(13,14)15)10(18)7-2-3-9(16)8(12)6-7/h2-3,6H,4-5H2,1H3. The molecule has 18 heavy (non-hydrogen) atoms. The molecule has 0 spiro atoms. The molecule has 1 aromatic carbocycles. The number of amides is 1. The number of alkyl halides is 3. The first-order chi connectivity index (χ1) is 8.20. The summed E-state index contributed by atoms with van der Waals surface area (Å²) >= 11 is 7.86. The van der Waals surface area contributed by atoms with Crippen LogP contribution in [0.25, 0.3) is 0 Å². The van der Waals surface area contributed by atoms with E-state index in [0.29, 0.717) is 5.02 Å². The minimum absolute atomic E-state index is 0.282. The lowest BCUT2D eigenvalue weighted by atomic mass is 10.2. The van der Waals surface area contributed by atoms with Crippen LogP contribution in [0.4, 0.5) is 13.2 Å². The van der Waals surface area contributed by atoms with Crippen molar-refractivity contribution in [1.82, 2.24) is 4.90 Å². The first-order valence-electron chi connectivity index (χ1n) is 4.98. The van der Waals surface area contributed by atoms with Crippen molar-refractivity contribution in [1.29, 1.82) is 0 Å². The van der Waals surface area contributed by atoms with Crippen LogP contribution in [-0.4, -0.2) is 30.6 Å². The van der Waals surface area contributed by atoms with Gasteiger partial charge in [-0.15, -0.1) is 0 Å². The zero-order valence-corrected chi connectivity index (χ0v) is 12.3. The molecule has 1 rings (SSSR count). The maximum absolute atomic E-state index is 12.0. The number of rotatable bonds is 3. The SMILES string of the molecule is CN(CCC(F)(F)F)C(=O)c1ccc(I)c(Cl)c1. The molecule has 100 valence electrons. The van der Waals surface area contributed by atoms with E-state index < -0.39 is 18.5 Å². The van der Waals surface area contributed by atoms with Crippen molar-refractivity contribution in [2.75, 3.05) is 13.6 Å². The molecule has 1 aromatic rings. The van der Waals surface area contributed by atoms with Gasteiger partial charge in [-0.05, 0) is 40.8 Å². The van der Waals surface area contributed by atoms with Gasteiger partial charge in [0.15, 0.2) is 0 Å². The summed E-state index contributed by atoms with van der Waals surface area (Å²) in [6.45, 7) is -0.369. The van der Waals surface area contributed by atoms with Crippen molar-refractivity contribution in [3.63, 3.8) is 0 Å². The van der Waals surface area contributed by atoms with Crippen molar-refractivity contribution >= 4 is 40.1 Å².